The van der Waals surface area contributed by atoms with Crippen LogP contribution in [0.2, 0.25) is 0 Å². The molecule has 0 aliphatic carbocycles. The van der Waals surface area contributed by atoms with Crippen LogP contribution in [0.15, 0.2) is 29.3 Å². The molecular weight excluding hydrogens is 176 g/mol. The van der Waals surface area contributed by atoms with Crippen LogP contribution in [0, 0.1) is 11.3 Å². The predicted molar refractivity (Wildman–Crippen MR) is 55.6 cm³/mol. The summed E-state index contributed by atoms with van der Waals surface area (Å²) in [5.74, 6) is 0.579. The summed E-state index contributed by atoms with van der Waals surface area (Å²) in [6, 6.07) is 9.27. The van der Waals surface area contributed by atoms with E-state index in [0.717, 1.165) is 0 Å². The number of nitrogens with zero attached hydrogens (tertiary/aromatic N) is 2. The van der Waals surface area contributed by atoms with Crippen LogP contribution in [0.4, 0.5) is 5.69 Å². The second-order valence-electron chi connectivity index (χ2n) is 2.69. The van der Waals surface area contributed by atoms with Crippen LogP contribution >= 0.6 is 0 Å². The molecule has 0 heterocycles. The highest BCUT2D eigenvalue weighted by Crippen LogP contribution is 2.17. The first-order valence-corrected chi connectivity index (χ1v) is 4.45. The molecular formula is C11H12N2O. The molecule has 0 spiro atoms. The van der Waals surface area contributed by atoms with Gasteiger partial charge in [0.2, 0.25) is 0 Å². The van der Waals surface area contributed by atoms with E-state index >= 15 is 0 Å². The van der Waals surface area contributed by atoms with Gasteiger partial charge in [-0.3, -0.25) is 0 Å². The van der Waals surface area contributed by atoms with Crippen molar-refractivity contribution in [2.75, 3.05) is 6.61 Å². The van der Waals surface area contributed by atoms with Gasteiger partial charge < -0.3 is 4.74 Å². The molecule has 0 atom stereocenters. The second-order valence-corrected chi connectivity index (χ2v) is 2.69. The summed E-state index contributed by atoms with van der Waals surface area (Å²) in [5, 5.41) is 8.80. The van der Waals surface area contributed by atoms with E-state index in [4.69, 9.17) is 10.00 Å². The minimum absolute atomic E-state index is 0.562. The Labute approximate surface area is 83.7 Å². The Morgan fingerprint density at radius 2 is 2.21 bits per heavy atom. The third kappa shape index (κ3) is 2.60. The SMILES string of the molecule is CCO/C(C)=N/c1ccccc1C#N. The lowest BCUT2D eigenvalue weighted by atomic mass is 10.2. The van der Waals surface area contributed by atoms with Crippen molar-refractivity contribution in [3.05, 3.63) is 29.8 Å². The summed E-state index contributed by atoms with van der Waals surface area (Å²) in [5.41, 5.74) is 1.22. The molecule has 1 aromatic rings. The lowest BCUT2D eigenvalue weighted by Crippen LogP contribution is -1.97. The van der Waals surface area contributed by atoms with Gasteiger partial charge in [-0.25, -0.2) is 4.99 Å². The Kier molecular flexibility index (Phi) is 3.69. The largest absolute Gasteiger partial charge is 0.481 e. The lowest BCUT2D eigenvalue weighted by molar-refractivity contribution is 0.325. The lowest BCUT2D eigenvalue weighted by Gasteiger charge is -2.02. The predicted octanol–water partition coefficient (Wildman–Crippen LogP) is 2.64. The molecule has 0 radical (unpaired) electrons. The molecule has 1 aromatic carbocycles. The van der Waals surface area contributed by atoms with Crippen molar-refractivity contribution in [1.29, 1.82) is 5.26 Å². The van der Waals surface area contributed by atoms with Crippen LogP contribution in [0.5, 0.6) is 0 Å². The first kappa shape index (κ1) is 10.3. The molecule has 72 valence electrons. The van der Waals surface area contributed by atoms with E-state index in [1.54, 1.807) is 19.1 Å². The van der Waals surface area contributed by atoms with Gasteiger partial charge in [-0.1, -0.05) is 12.1 Å². The average Bonchev–Trinajstić information content (AvgIpc) is 2.19. The maximum atomic E-state index is 8.80. The highest BCUT2D eigenvalue weighted by molar-refractivity contribution is 5.77. The van der Waals surface area contributed by atoms with Crippen molar-refractivity contribution in [1.82, 2.24) is 0 Å². The van der Waals surface area contributed by atoms with E-state index in [2.05, 4.69) is 11.1 Å². The minimum Gasteiger partial charge on any atom is -0.481 e. The number of ether oxygens (including phenoxy) is 1. The van der Waals surface area contributed by atoms with Crippen molar-refractivity contribution in [2.24, 2.45) is 4.99 Å². The zero-order valence-electron chi connectivity index (χ0n) is 8.32. The molecule has 0 aliphatic heterocycles. The van der Waals surface area contributed by atoms with Crippen LogP contribution in [0.3, 0.4) is 0 Å². The highest BCUT2D eigenvalue weighted by Gasteiger charge is 1.99. The van der Waals surface area contributed by atoms with Gasteiger partial charge in [-0.2, -0.15) is 5.26 Å². The van der Waals surface area contributed by atoms with E-state index in [1.165, 1.54) is 0 Å². The number of nitriles is 1. The van der Waals surface area contributed by atoms with E-state index in [9.17, 15) is 0 Å². The van der Waals surface area contributed by atoms with Crippen molar-refractivity contribution in [3.8, 4) is 6.07 Å². The Hall–Kier alpha value is -1.82. The fourth-order valence-electron chi connectivity index (χ4n) is 1.08. The van der Waals surface area contributed by atoms with Crippen LogP contribution in [0.1, 0.15) is 19.4 Å². The summed E-state index contributed by atoms with van der Waals surface area (Å²) >= 11 is 0. The summed E-state index contributed by atoms with van der Waals surface area (Å²) < 4.78 is 5.19. The summed E-state index contributed by atoms with van der Waals surface area (Å²) in [7, 11) is 0. The zero-order chi connectivity index (χ0) is 10.4. The molecule has 0 unspecified atom stereocenters. The molecule has 1 rings (SSSR count). The molecule has 0 aliphatic rings. The summed E-state index contributed by atoms with van der Waals surface area (Å²) in [6.07, 6.45) is 0. The Bertz CT molecular complexity index is 377. The number of hydrogen-bond acceptors (Lipinski definition) is 3. The maximum absolute atomic E-state index is 8.80. The fourth-order valence-corrected chi connectivity index (χ4v) is 1.08. The van der Waals surface area contributed by atoms with Gasteiger partial charge in [-0.05, 0) is 19.1 Å². The van der Waals surface area contributed by atoms with E-state index < -0.39 is 0 Å². The Morgan fingerprint density at radius 3 is 2.86 bits per heavy atom. The molecule has 3 heteroatoms. The molecule has 0 fully saturated rings. The van der Waals surface area contributed by atoms with Gasteiger partial charge in [0.25, 0.3) is 0 Å². The Balaban J connectivity index is 2.97. The molecule has 3 nitrogen and oxygen atoms in total. The Morgan fingerprint density at radius 1 is 1.50 bits per heavy atom. The van der Waals surface area contributed by atoms with Crippen molar-refractivity contribution in [2.45, 2.75) is 13.8 Å². The van der Waals surface area contributed by atoms with Gasteiger partial charge in [0.1, 0.15) is 6.07 Å². The topological polar surface area (TPSA) is 45.4 Å². The number of benzene rings is 1. The van der Waals surface area contributed by atoms with Gasteiger partial charge in [0, 0.05) is 6.92 Å². The fraction of sp³-hybridized carbons (Fsp3) is 0.273. The summed E-state index contributed by atoms with van der Waals surface area (Å²) in [6.45, 7) is 4.26. The number of aliphatic imine (C=N–C) groups is 1. The van der Waals surface area contributed by atoms with Crippen molar-refractivity contribution in [3.63, 3.8) is 0 Å². The maximum Gasteiger partial charge on any atom is 0.185 e. The summed E-state index contributed by atoms with van der Waals surface area (Å²) in [4.78, 5) is 4.19. The van der Waals surface area contributed by atoms with Gasteiger partial charge >= 0.3 is 0 Å². The first-order chi connectivity index (χ1) is 6.77. The van der Waals surface area contributed by atoms with Crippen LogP contribution in [0.25, 0.3) is 0 Å². The average molecular weight is 188 g/mol. The molecule has 0 amide bonds. The van der Waals surface area contributed by atoms with Crippen LogP contribution < -0.4 is 0 Å². The van der Waals surface area contributed by atoms with Crippen molar-refractivity contribution >= 4 is 11.6 Å². The minimum atomic E-state index is 0.562. The van der Waals surface area contributed by atoms with Gasteiger partial charge in [0.15, 0.2) is 5.90 Å². The number of rotatable bonds is 2. The molecule has 14 heavy (non-hydrogen) atoms. The molecule has 0 saturated carbocycles. The van der Waals surface area contributed by atoms with Crippen LogP contribution in [-0.2, 0) is 4.74 Å². The van der Waals surface area contributed by atoms with E-state index in [0.29, 0.717) is 23.8 Å². The first-order valence-electron chi connectivity index (χ1n) is 4.45. The molecule has 0 bridgehead atoms. The smallest absolute Gasteiger partial charge is 0.185 e. The molecule has 0 N–H and O–H groups in total. The van der Waals surface area contributed by atoms with Crippen LogP contribution in [-0.4, -0.2) is 12.5 Å². The van der Waals surface area contributed by atoms with Gasteiger partial charge in [0.05, 0.1) is 17.9 Å². The third-order valence-corrected chi connectivity index (χ3v) is 1.66. The quantitative estimate of drug-likeness (QED) is 0.529. The molecule has 0 aromatic heterocycles. The number of para-hydroxylation sites is 1. The van der Waals surface area contributed by atoms with Gasteiger partial charge in [-0.15, -0.1) is 0 Å². The standard InChI is InChI=1S/C11H12N2O/c1-3-14-9(2)13-11-7-5-4-6-10(11)8-12/h4-7H,3H2,1-2H3/b13-9+. The van der Waals surface area contributed by atoms with Crippen molar-refractivity contribution < 1.29 is 4.74 Å². The van der Waals surface area contributed by atoms with E-state index in [1.807, 2.05) is 19.1 Å². The zero-order valence-corrected chi connectivity index (χ0v) is 8.32. The normalized spacial score (nSPS) is 10.8. The highest BCUT2D eigenvalue weighted by atomic mass is 16.5. The molecule has 0 saturated heterocycles. The third-order valence-electron chi connectivity index (χ3n) is 1.66. The second kappa shape index (κ2) is 5.03. The van der Waals surface area contributed by atoms with E-state index in [-0.39, 0.29) is 0 Å². The number of hydrogen-bond donors (Lipinski definition) is 0. The monoisotopic (exact) mass is 188 g/mol.